The number of H-pyrrole nitrogens is 1. The Morgan fingerprint density at radius 1 is 1.17 bits per heavy atom. The zero-order chi connectivity index (χ0) is 13.1. The zero-order valence-electron chi connectivity index (χ0n) is 9.63. The standard InChI is InChI=1S/C13H10Cl2N2O/c1-8-2-5-12(16-7-8)17-13(18)9-3-4-10(14)11(15)6-9/h2-7H,1H3,(H,16,17,18)/p+1. The molecule has 0 fully saturated rings. The van der Waals surface area contributed by atoms with Gasteiger partial charge in [-0.2, -0.15) is 0 Å². The predicted molar refractivity (Wildman–Crippen MR) is 72.1 cm³/mol. The van der Waals surface area contributed by atoms with E-state index in [1.807, 2.05) is 19.2 Å². The number of pyridine rings is 1. The van der Waals surface area contributed by atoms with Crippen LogP contribution in [0, 0.1) is 6.92 Å². The molecule has 0 bridgehead atoms. The van der Waals surface area contributed by atoms with Crippen molar-refractivity contribution in [2.45, 2.75) is 6.92 Å². The highest BCUT2D eigenvalue weighted by Gasteiger charge is 2.13. The minimum Gasteiger partial charge on any atom is -0.247 e. The largest absolute Gasteiger partial charge is 0.339 e. The van der Waals surface area contributed by atoms with Crippen LogP contribution >= 0.6 is 23.2 Å². The lowest BCUT2D eigenvalue weighted by Gasteiger charge is -2.00. The van der Waals surface area contributed by atoms with Gasteiger partial charge in [0, 0.05) is 6.07 Å². The molecule has 1 amide bonds. The average Bonchev–Trinajstić information content (AvgIpc) is 2.35. The maximum Gasteiger partial charge on any atom is 0.339 e. The molecule has 1 aromatic heterocycles. The van der Waals surface area contributed by atoms with Gasteiger partial charge in [0.1, 0.15) is 0 Å². The van der Waals surface area contributed by atoms with E-state index in [9.17, 15) is 4.79 Å². The first-order valence-electron chi connectivity index (χ1n) is 5.31. The number of aromatic amines is 1. The van der Waals surface area contributed by atoms with Gasteiger partial charge in [-0.1, -0.05) is 23.2 Å². The molecule has 3 nitrogen and oxygen atoms in total. The van der Waals surface area contributed by atoms with Gasteiger partial charge in [0.2, 0.25) is 0 Å². The van der Waals surface area contributed by atoms with Gasteiger partial charge in [0.05, 0.1) is 21.8 Å². The number of carbonyl (C=O) groups excluding carboxylic acids is 1. The molecule has 92 valence electrons. The van der Waals surface area contributed by atoms with Crippen LogP contribution < -0.4 is 10.3 Å². The molecule has 5 heteroatoms. The third-order valence-corrected chi connectivity index (χ3v) is 3.14. The van der Waals surface area contributed by atoms with Gasteiger partial charge in [-0.05, 0) is 36.8 Å². The van der Waals surface area contributed by atoms with Crippen molar-refractivity contribution in [3.63, 3.8) is 0 Å². The smallest absolute Gasteiger partial charge is 0.247 e. The van der Waals surface area contributed by atoms with Gasteiger partial charge in [0.15, 0.2) is 0 Å². The fraction of sp³-hybridized carbons (Fsp3) is 0.0769. The van der Waals surface area contributed by atoms with Crippen molar-refractivity contribution in [1.82, 2.24) is 0 Å². The summed E-state index contributed by atoms with van der Waals surface area (Å²) in [4.78, 5) is 14.9. The van der Waals surface area contributed by atoms with Crippen LogP contribution in [0.2, 0.25) is 10.0 Å². The number of aromatic nitrogens is 1. The number of nitrogens with one attached hydrogen (secondary N) is 2. The number of amides is 1. The van der Waals surface area contributed by atoms with E-state index in [-0.39, 0.29) is 5.91 Å². The molecule has 0 aliphatic heterocycles. The van der Waals surface area contributed by atoms with Crippen LogP contribution in [0.4, 0.5) is 5.82 Å². The molecule has 0 aliphatic carbocycles. The summed E-state index contributed by atoms with van der Waals surface area (Å²) in [6.07, 6.45) is 1.81. The van der Waals surface area contributed by atoms with E-state index in [2.05, 4.69) is 10.3 Å². The SMILES string of the molecule is Cc1ccc(NC(=O)c2ccc(Cl)c(Cl)c2)[nH+]c1. The molecule has 0 radical (unpaired) electrons. The van der Waals surface area contributed by atoms with Crippen LogP contribution in [-0.2, 0) is 0 Å². The Kier molecular flexibility index (Phi) is 3.84. The molecule has 0 atom stereocenters. The maximum atomic E-state index is 11.9. The lowest BCUT2D eigenvalue weighted by Crippen LogP contribution is -2.19. The molecule has 18 heavy (non-hydrogen) atoms. The first kappa shape index (κ1) is 12.9. The third-order valence-electron chi connectivity index (χ3n) is 2.40. The lowest BCUT2D eigenvalue weighted by molar-refractivity contribution is -0.361. The molecular weight excluding hydrogens is 271 g/mol. The van der Waals surface area contributed by atoms with E-state index in [1.165, 1.54) is 6.07 Å². The molecule has 2 aromatic rings. The molecule has 0 spiro atoms. The van der Waals surface area contributed by atoms with Crippen molar-refractivity contribution in [3.8, 4) is 0 Å². The topological polar surface area (TPSA) is 43.2 Å². The number of benzene rings is 1. The minimum absolute atomic E-state index is 0.242. The second-order valence-corrected chi connectivity index (χ2v) is 4.68. The quantitative estimate of drug-likeness (QED) is 0.901. The van der Waals surface area contributed by atoms with Crippen molar-refractivity contribution in [1.29, 1.82) is 0 Å². The number of hydrogen-bond acceptors (Lipinski definition) is 1. The molecule has 1 aromatic carbocycles. The second kappa shape index (κ2) is 5.38. The Balaban J connectivity index is 2.16. The van der Waals surface area contributed by atoms with E-state index in [0.717, 1.165) is 5.56 Å². The summed E-state index contributed by atoms with van der Waals surface area (Å²) >= 11 is 11.7. The van der Waals surface area contributed by atoms with E-state index < -0.39 is 0 Å². The summed E-state index contributed by atoms with van der Waals surface area (Å²) in [7, 11) is 0. The van der Waals surface area contributed by atoms with Crippen LogP contribution in [0.25, 0.3) is 0 Å². The Morgan fingerprint density at radius 3 is 2.56 bits per heavy atom. The minimum atomic E-state index is -0.242. The summed E-state index contributed by atoms with van der Waals surface area (Å²) in [6, 6.07) is 8.45. The summed E-state index contributed by atoms with van der Waals surface area (Å²) < 4.78 is 0. The molecule has 1 heterocycles. The van der Waals surface area contributed by atoms with E-state index >= 15 is 0 Å². The number of carbonyl (C=O) groups is 1. The van der Waals surface area contributed by atoms with Crippen molar-refractivity contribution >= 4 is 34.9 Å². The third kappa shape index (κ3) is 3.00. The number of aryl methyl sites for hydroxylation is 1. The first-order valence-corrected chi connectivity index (χ1v) is 6.06. The molecule has 2 N–H and O–H groups in total. The normalized spacial score (nSPS) is 10.2. The predicted octanol–water partition coefficient (Wildman–Crippen LogP) is 3.37. The van der Waals surface area contributed by atoms with Crippen LogP contribution in [0.15, 0.2) is 36.5 Å². The zero-order valence-corrected chi connectivity index (χ0v) is 11.1. The van der Waals surface area contributed by atoms with Gasteiger partial charge in [0.25, 0.3) is 5.82 Å². The van der Waals surface area contributed by atoms with Crippen molar-refractivity contribution in [2.75, 3.05) is 5.32 Å². The number of anilines is 1. The lowest BCUT2D eigenvalue weighted by atomic mass is 10.2. The van der Waals surface area contributed by atoms with Crippen molar-refractivity contribution < 1.29 is 9.78 Å². The number of rotatable bonds is 2. The maximum absolute atomic E-state index is 11.9. The summed E-state index contributed by atoms with van der Waals surface area (Å²) in [5, 5.41) is 3.52. The fourth-order valence-corrected chi connectivity index (χ4v) is 1.71. The number of halogens is 2. The Labute approximate surface area is 115 Å². The van der Waals surface area contributed by atoms with Crippen molar-refractivity contribution in [3.05, 3.63) is 57.7 Å². The molecule has 2 rings (SSSR count). The van der Waals surface area contributed by atoms with Crippen LogP contribution in [0.1, 0.15) is 15.9 Å². The molecular formula is C13H11Cl2N2O+. The molecule has 0 unspecified atom stereocenters. The summed E-state index contributed by atoms with van der Waals surface area (Å²) in [5.74, 6) is 0.380. The van der Waals surface area contributed by atoms with Gasteiger partial charge < -0.3 is 0 Å². The highest BCUT2D eigenvalue weighted by molar-refractivity contribution is 6.42. The van der Waals surface area contributed by atoms with Crippen LogP contribution in [0.3, 0.4) is 0 Å². The van der Waals surface area contributed by atoms with Gasteiger partial charge >= 0.3 is 5.91 Å². The van der Waals surface area contributed by atoms with Crippen LogP contribution in [0.5, 0.6) is 0 Å². The van der Waals surface area contributed by atoms with Gasteiger partial charge in [-0.3, -0.25) is 0 Å². The molecule has 0 saturated heterocycles. The molecule has 0 saturated carbocycles. The highest BCUT2D eigenvalue weighted by atomic mass is 35.5. The highest BCUT2D eigenvalue weighted by Crippen LogP contribution is 2.22. The van der Waals surface area contributed by atoms with Gasteiger partial charge in [-0.25, -0.2) is 15.1 Å². The second-order valence-electron chi connectivity index (χ2n) is 3.86. The summed E-state index contributed by atoms with van der Waals surface area (Å²) in [6.45, 7) is 1.96. The first-order chi connectivity index (χ1) is 8.56. The molecule has 0 aliphatic rings. The van der Waals surface area contributed by atoms with Gasteiger partial charge in [-0.15, -0.1) is 0 Å². The Bertz CT molecular complexity index is 582. The van der Waals surface area contributed by atoms with Crippen LogP contribution in [-0.4, -0.2) is 5.91 Å². The van der Waals surface area contributed by atoms with E-state index in [0.29, 0.717) is 21.4 Å². The van der Waals surface area contributed by atoms with E-state index in [4.69, 9.17) is 23.2 Å². The fourth-order valence-electron chi connectivity index (χ4n) is 1.41. The van der Waals surface area contributed by atoms with Crippen molar-refractivity contribution in [2.24, 2.45) is 0 Å². The average molecular weight is 282 g/mol. The monoisotopic (exact) mass is 281 g/mol. The summed E-state index contributed by atoms with van der Waals surface area (Å²) in [5.41, 5.74) is 1.54. The number of hydrogen-bond donors (Lipinski definition) is 1. The Hall–Kier alpha value is -1.58. The van der Waals surface area contributed by atoms with E-state index in [1.54, 1.807) is 18.2 Å². The Morgan fingerprint density at radius 2 is 1.94 bits per heavy atom.